The van der Waals surface area contributed by atoms with Gasteiger partial charge in [-0.25, -0.2) is 0 Å². The van der Waals surface area contributed by atoms with Crippen LogP contribution in [-0.2, 0) is 25.8 Å². The smallest absolute Gasteiger partial charge is 0.0850 e. The van der Waals surface area contributed by atoms with Crippen LogP contribution in [-0.4, -0.2) is 9.78 Å². The van der Waals surface area contributed by atoms with Gasteiger partial charge in [0.15, 0.2) is 0 Å². The molecule has 20 heavy (non-hydrogen) atoms. The summed E-state index contributed by atoms with van der Waals surface area (Å²) in [6.45, 7) is 7.15. The zero-order valence-electron chi connectivity index (χ0n) is 12.3. The first kappa shape index (κ1) is 15.5. The molecule has 3 nitrogen and oxygen atoms in total. The highest BCUT2D eigenvalue weighted by molar-refractivity contribution is 7.12. The van der Waals surface area contributed by atoms with Crippen molar-refractivity contribution in [3.05, 3.63) is 38.3 Å². The molecule has 0 fully saturated rings. The number of aryl methyl sites for hydroxylation is 3. The molecule has 1 unspecified atom stereocenters. The molecule has 0 saturated carbocycles. The van der Waals surface area contributed by atoms with Gasteiger partial charge in [-0.3, -0.25) is 4.68 Å². The van der Waals surface area contributed by atoms with E-state index in [1.54, 1.807) is 11.3 Å². The summed E-state index contributed by atoms with van der Waals surface area (Å²) in [5, 5.41) is 5.34. The summed E-state index contributed by atoms with van der Waals surface area (Å²) in [4.78, 5) is 2.60. The fraction of sp³-hybridized carbons (Fsp3) is 0.533. The number of thiophene rings is 1. The van der Waals surface area contributed by atoms with Crippen LogP contribution in [0, 0.1) is 0 Å². The van der Waals surface area contributed by atoms with Crippen molar-refractivity contribution in [3.63, 3.8) is 0 Å². The van der Waals surface area contributed by atoms with Crippen LogP contribution in [0.25, 0.3) is 0 Å². The number of hydrogen-bond donors (Lipinski definition) is 1. The fourth-order valence-electron chi connectivity index (χ4n) is 2.30. The van der Waals surface area contributed by atoms with E-state index < -0.39 is 0 Å². The summed E-state index contributed by atoms with van der Waals surface area (Å²) in [6, 6.07) is 4.29. The molecule has 0 radical (unpaired) electrons. The standard InChI is InChI=1S/C15H22ClN3S/c1-4-10-7-8-14(20-10)11(17)9-13-15(16)12(5-2)18-19(13)6-3/h7-8,11H,4-6,9,17H2,1-3H3. The van der Waals surface area contributed by atoms with E-state index in [4.69, 9.17) is 17.3 Å². The molecule has 0 aliphatic carbocycles. The Bertz CT molecular complexity index is 574. The molecule has 0 amide bonds. The van der Waals surface area contributed by atoms with Crippen molar-refractivity contribution in [2.45, 2.75) is 52.6 Å². The first-order valence-electron chi connectivity index (χ1n) is 7.18. The first-order valence-corrected chi connectivity index (χ1v) is 8.38. The van der Waals surface area contributed by atoms with Crippen LogP contribution in [0.5, 0.6) is 0 Å². The SMILES string of the molecule is CCc1ccc(C(N)Cc2c(Cl)c(CC)nn2CC)s1. The Labute approximate surface area is 129 Å². The second kappa shape index (κ2) is 6.74. The molecule has 2 heterocycles. The molecule has 2 aromatic rings. The van der Waals surface area contributed by atoms with Crippen LogP contribution in [0.3, 0.4) is 0 Å². The second-order valence-electron chi connectivity index (χ2n) is 4.84. The normalized spacial score (nSPS) is 12.8. The van der Waals surface area contributed by atoms with Crippen LogP contribution >= 0.6 is 22.9 Å². The maximum absolute atomic E-state index is 6.44. The van der Waals surface area contributed by atoms with Crippen LogP contribution in [0.15, 0.2) is 12.1 Å². The predicted molar refractivity (Wildman–Crippen MR) is 86.6 cm³/mol. The molecule has 110 valence electrons. The maximum atomic E-state index is 6.44. The summed E-state index contributed by atoms with van der Waals surface area (Å²) in [5.41, 5.74) is 8.38. The van der Waals surface area contributed by atoms with Crippen molar-refractivity contribution < 1.29 is 0 Å². The number of nitrogens with two attached hydrogens (primary N) is 1. The molecule has 0 spiro atoms. The molecule has 0 saturated heterocycles. The van der Waals surface area contributed by atoms with E-state index in [0.717, 1.165) is 42.2 Å². The highest BCUT2D eigenvalue weighted by Crippen LogP contribution is 2.29. The van der Waals surface area contributed by atoms with E-state index in [1.807, 2.05) is 4.68 Å². The molecule has 2 aromatic heterocycles. The molecule has 0 aliphatic heterocycles. The summed E-state index contributed by atoms with van der Waals surface area (Å²) >= 11 is 8.23. The molecule has 2 rings (SSSR count). The number of nitrogens with zero attached hydrogens (tertiary/aromatic N) is 2. The van der Waals surface area contributed by atoms with E-state index in [-0.39, 0.29) is 6.04 Å². The lowest BCUT2D eigenvalue weighted by Gasteiger charge is -2.11. The summed E-state index contributed by atoms with van der Waals surface area (Å²) in [5.74, 6) is 0. The minimum atomic E-state index is -0.00972. The van der Waals surface area contributed by atoms with E-state index in [2.05, 4.69) is 38.0 Å². The Kier molecular flexibility index (Phi) is 5.24. The Morgan fingerprint density at radius 1 is 1.30 bits per heavy atom. The van der Waals surface area contributed by atoms with Gasteiger partial charge in [-0.1, -0.05) is 25.4 Å². The third kappa shape index (κ3) is 3.08. The lowest BCUT2D eigenvalue weighted by atomic mass is 10.1. The average molecular weight is 312 g/mol. The number of hydrogen-bond acceptors (Lipinski definition) is 3. The van der Waals surface area contributed by atoms with E-state index in [9.17, 15) is 0 Å². The minimum Gasteiger partial charge on any atom is -0.323 e. The van der Waals surface area contributed by atoms with Gasteiger partial charge in [0.25, 0.3) is 0 Å². The Morgan fingerprint density at radius 3 is 2.60 bits per heavy atom. The monoisotopic (exact) mass is 311 g/mol. The van der Waals surface area contributed by atoms with Crippen LogP contribution in [0.2, 0.25) is 5.02 Å². The predicted octanol–water partition coefficient (Wildman–Crippen LogP) is 3.99. The summed E-state index contributed by atoms with van der Waals surface area (Å²) in [6.07, 6.45) is 2.65. The summed E-state index contributed by atoms with van der Waals surface area (Å²) in [7, 11) is 0. The van der Waals surface area contributed by atoms with Gasteiger partial charge in [0, 0.05) is 28.8 Å². The highest BCUT2D eigenvalue weighted by Gasteiger charge is 2.18. The van der Waals surface area contributed by atoms with Crippen molar-refractivity contribution in [2.24, 2.45) is 5.73 Å². The Balaban J connectivity index is 2.22. The maximum Gasteiger partial charge on any atom is 0.0850 e. The van der Waals surface area contributed by atoms with Gasteiger partial charge in [-0.2, -0.15) is 5.10 Å². The molecule has 0 bridgehead atoms. The second-order valence-corrected chi connectivity index (χ2v) is 6.42. The van der Waals surface area contributed by atoms with Gasteiger partial charge < -0.3 is 5.73 Å². The van der Waals surface area contributed by atoms with Gasteiger partial charge in [0.1, 0.15) is 0 Å². The molecular formula is C15H22ClN3S. The third-order valence-electron chi connectivity index (χ3n) is 3.50. The van der Waals surface area contributed by atoms with Crippen LogP contribution in [0.1, 0.15) is 48.0 Å². The van der Waals surface area contributed by atoms with Crippen LogP contribution in [0.4, 0.5) is 0 Å². The molecule has 0 aromatic carbocycles. The zero-order chi connectivity index (χ0) is 14.7. The lowest BCUT2D eigenvalue weighted by Crippen LogP contribution is -2.15. The minimum absolute atomic E-state index is 0.00972. The van der Waals surface area contributed by atoms with Crippen LogP contribution < -0.4 is 5.73 Å². The zero-order valence-corrected chi connectivity index (χ0v) is 13.9. The van der Waals surface area contributed by atoms with Crippen molar-refractivity contribution in [3.8, 4) is 0 Å². The fourth-order valence-corrected chi connectivity index (χ4v) is 3.61. The van der Waals surface area contributed by atoms with Crippen molar-refractivity contribution in [1.29, 1.82) is 0 Å². The van der Waals surface area contributed by atoms with Crippen molar-refractivity contribution in [2.75, 3.05) is 0 Å². The van der Waals surface area contributed by atoms with Gasteiger partial charge in [0.2, 0.25) is 0 Å². The van der Waals surface area contributed by atoms with Gasteiger partial charge in [-0.15, -0.1) is 11.3 Å². The van der Waals surface area contributed by atoms with E-state index >= 15 is 0 Å². The molecule has 2 N–H and O–H groups in total. The Morgan fingerprint density at radius 2 is 2.05 bits per heavy atom. The topological polar surface area (TPSA) is 43.8 Å². The van der Waals surface area contributed by atoms with Gasteiger partial charge >= 0.3 is 0 Å². The average Bonchev–Trinajstić information content (AvgIpc) is 3.05. The molecule has 1 atom stereocenters. The van der Waals surface area contributed by atoms with E-state index in [0.29, 0.717) is 0 Å². The first-order chi connectivity index (χ1) is 9.60. The number of halogens is 1. The molecule has 5 heteroatoms. The third-order valence-corrected chi connectivity index (χ3v) is 5.30. The molecule has 0 aliphatic rings. The Hall–Kier alpha value is -0.840. The quantitative estimate of drug-likeness (QED) is 0.876. The number of aromatic nitrogens is 2. The molecular weight excluding hydrogens is 290 g/mol. The van der Waals surface area contributed by atoms with Gasteiger partial charge in [-0.05, 0) is 31.9 Å². The largest absolute Gasteiger partial charge is 0.323 e. The summed E-state index contributed by atoms with van der Waals surface area (Å²) < 4.78 is 1.98. The lowest BCUT2D eigenvalue weighted by molar-refractivity contribution is 0.588. The number of rotatable bonds is 6. The van der Waals surface area contributed by atoms with Crippen molar-refractivity contribution >= 4 is 22.9 Å². The van der Waals surface area contributed by atoms with Crippen molar-refractivity contribution in [1.82, 2.24) is 9.78 Å². The van der Waals surface area contributed by atoms with Gasteiger partial charge in [0.05, 0.1) is 16.4 Å². The highest BCUT2D eigenvalue weighted by atomic mass is 35.5. The van der Waals surface area contributed by atoms with E-state index in [1.165, 1.54) is 9.75 Å².